The molecule has 0 heterocycles. The van der Waals surface area contributed by atoms with Crippen LogP contribution in [0.5, 0.6) is 0 Å². The predicted octanol–water partition coefficient (Wildman–Crippen LogP) is 2.67. The fourth-order valence-corrected chi connectivity index (χ4v) is 1.39. The van der Waals surface area contributed by atoms with Crippen LogP contribution < -0.4 is 11.3 Å². The summed E-state index contributed by atoms with van der Waals surface area (Å²) in [5.41, 5.74) is 2.34. The van der Waals surface area contributed by atoms with Crippen molar-refractivity contribution >= 4 is 0 Å². The lowest BCUT2D eigenvalue weighted by Gasteiger charge is -2.17. The molecule has 1 unspecified atom stereocenters. The van der Waals surface area contributed by atoms with E-state index in [4.69, 9.17) is 5.84 Å². The Kier molecular flexibility index (Phi) is 4.26. The Labute approximate surface area is 90.4 Å². The van der Waals surface area contributed by atoms with Gasteiger partial charge < -0.3 is 0 Å². The van der Waals surface area contributed by atoms with Gasteiger partial charge in [0.15, 0.2) is 0 Å². The topological polar surface area (TPSA) is 38.0 Å². The summed E-state index contributed by atoms with van der Waals surface area (Å²) in [6, 6.07) is 4.79. The van der Waals surface area contributed by atoms with E-state index in [0.717, 1.165) is 0 Å². The molecule has 0 saturated carbocycles. The van der Waals surface area contributed by atoms with Crippen molar-refractivity contribution in [3.8, 4) is 0 Å². The Morgan fingerprint density at radius 1 is 1.25 bits per heavy atom. The van der Waals surface area contributed by atoms with E-state index >= 15 is 0 Å². The summed E-state index contributed by atoms with van der Waals surface area (Å²) >= 11 is 0. The molecule has 1 rings (SSSR count). The summed E-state index contributed by atoms with van der Waals surface area (Å²) in [7, 11) is 0. The lowest BCUT2D eigenvalue weighted by molar-refractivity contribution is -0.136. The highest BCUT2D eigenvalue weighted by Gasteiger charge is 2.29. The van der Waals surface area contributed by atoms with Gasteiger partial charge in [0.1, 0.15) is 5.82 Å². The molecule has 0 aromatic heterocycles. The van der Waals surface area contributed by atoms with Gasteiger partial charge >= 0.3 is 6.18 Å². The Morgan fingerprint density at radius 2 is 1.88 bits per heavy atom. The van der Waals surface area contributed by atoms with Crippen LogP contribution in [-0.2, 0) is 0 Å². The van der Waals surface area contributed by atoms with Gasteiger partial charge in [0.05, 0.1) is 0 Å². The van der Waals surface area contributed by atoms with Crippen molar-refractivity contribution in [3.05, 3.63) is 35.6 Å². The van der Waals surface area contributed by atoms with Gasteiger partial charge in [0, 0.05) is 18.0 Å². The van der Waals surface area contributed by atoms with Gasteiger partial charge in [-0.1, -0.05) is 18.2 Å². The molecule has 0 amide bonds. The maximum atomic E-state index is 13.3. The number of rotatable bonds is 4. The molecule has 0 aliphatic carbocycles. The van der Waals surface area contributed by atoms with Crippen molar-refractivity contribution in [2.45, 2.75) is 25.1 Å². The molecule has 6 heteroatoms. The van der Waals surface area contributed by atoms with Gasteiger partial charge in [0.25, 0.3) is 0 Å². The summed E-state index contributed by atoms with van der Waals surface area (Å²) in [5, 5.41) is 0. The Hall–Kier alpha value is -1.14. The van der Waals surface area contributed by atoms with Crippen LogP contribution in [0.2, 0.25) is 0 Å². The van der Waals surface area contributed by atoms with E-state index in [0.29, 0.717) is 0 Å². The lowest BCUT2D eigenvalue weighted by Crippen LogP contribution is -2.29. The molecular weight excluding hydrogens is 224 g/mol. The first-order valence-corrected chi connectivity index (χ1v) is 4.71. The number of nitrogens with one attached hydrogen (secondary N) is 1. The zero-order chi connectivity index (χ0) is 12.2. The largest absolute Gasteiger partial charge is 0.389 e. The summed E-state index contributed by atoms with van der Waals surface area (Å²) in [5.74, 6) is 4.56. The smallest absolute Gasteiger partial charge is 0.271 e. The molecular formula is C10H12F4N2. The molecule has 90 valence electrons. The van der Waals surface area contributed by atoms with Crippen molar-refractivity contribution < 1.29 is 17.6 Å². The fraction of sp³-hybridized carbons (Fsp3) is 0.400. The quantitative estimate of drug-likeness (QED) is 0.479. The van der Waals surface area contributed by atoms with E-state index < -0.39 is 24.5 Å². The Morgan fingerprint density at radius 3 is 2.38 bits per heavy atom. The third-order valence-corrected chi connectivity index (χ3v) is 2.20. The highest BCUT2D eigenvalue weighted by atomic mass is 19.4. The number of hydrogen-bond donors (Lipinski definition) is 2. The van der Waals surface area contributed by atoms with Crippen molar-refractivity contribution in [1.82, 2.24) is 5.43 Å². The number of halogens is 4. The van der Waals surface area contributed by atoms with E-state index in [1.54, 1.807) is 6.07 Å². The number of alkyl halides is 3. The normalized spacial score (nSPS) is 13.8. The maximum absolute atomic E-state index is 13.3. The summed E-state index contributed by atoms with van der Waals surface area (Å²) in [6.45, 7) is 0. The van der Waals surface area contributed by atoms with Crippen molar-refractivity contribution in [3.63, 3.8) is 0 Å². The average Bonchev–Trinajstić information content (AvgIpc) is 2.20. The fourth-order valence-electron chi connectivity index (χ4n) is 1.39. The van der Waals surface area contributed by atoms with Crippen LogP contribution in [0.1, 0.15) is 24.4 Å². The average molecular weight is 236 g/mol. The molecule has 0 radical (unpaired) electrons. The molecule has 0 aliphatic heterocycles. The second-order valence-electron chi connectivity index (χ2n) is 3.39. The van der Waals surface area contributed by atoms with Crippen LogP contribution in [0.15, 0.2) is 24.3 Å². The van der Waals surface area contributed by atoms with Crippen molar-refractivity contribution in [2.75, 3.05) is 0 Å². The van der Waals surface area contributed by atoms with Gasteiger partial charge in [-0.2, -0.15) is 13.2 Å². The summed E-state index contributed by atoms with van der Waals surface area (Å²) in [4.78, 5) is 0. The second-order valence-corrected chi connectivity index (χ2v) is 3.39. The van der Waals surface area contributed by atoms with E-state index in [1.807, 2.05) is 0 Å². The first-order valence-electron chi connectivity index (χ1n) is 4.71. The van der Waals surface area contributed by atoms with Crippen LogP contribution in [0.4, 0.5) is 17.6 Å². The summed E-state index contributed by atoms with van der Waals surface area (Å²) in [6.07, 6.45) is -5.56. The maximum Gasteiger partial charge on any atom is 0.389 e. The van der Waals surface area contributed by atoms with Crippen LogP contribution in [-0.4, -0.2) is 6.18 Å². The zero-order valence-electron chi connectivity index (χ0n) is 8.39. The molecule has 2 nitrogen and oxygen atoms in total. The number of hydrazine groups is 1. The minimum absolute atomic E-state index is 0.147. The van der Waals surface area contributed by atoms with Crippen LogP contribution in [0, 0.1) is 5.82 Å². The molecule has 3 N–H and O–H groups in total. The van der Waals surface area contributed by atoms with Gasteiger partial charge in [-0.15, -0.1) is 0 Å². The predicted molar refractivity (Wildman–Crippen MR) is 51.8 cm³/mol. The van der Waals surface area contributed by atoms with Crippen LogP contribution in [0.3, 0.4) is 0 Å². The van der Waals surface area contributed by atoms with Crippen molar-refractivity contribution in [2.24, 2.45) is 5.84 Å². The van der Waals surface area contributed by atoms with Crippen molar-refractivity contribution in [1.29, 1.82) is 0 Å². The second kappa shape index (κ2) is 5.27. The molecule has 1 atom stereocenters. The Balaban J connectivity index is 2.72. The Bertz CT molecular complexity index is 338. The van der Waals surface area contributed by atoms with E-state index in [9.17, 15) is 17.6 Å². The minimum atomic E-state index is -4.26. The molecule has 0 bridgehead atoms. The first-order chi connectivity index (χ1) is 7.44. The molecule has 0 aliphatic rings. The van der Waals surface area contributed by atoms with Gasteiger partial charge in [-0.25, -0.2) is 4.39 Å². The van der Waals surface area contributed by atoms with Gasteiger partial charge in [-0.05, 0) is 12.5 Å². The molecule has 0 spiro atoms. The standard InChI is InChI=1S/C10H12F4N2/c11-8-4-2-1-3-7(8)9(16-15)5-6-10(12,13)14/h1-4,9,16H,5-6,15H2. The monoisotopic (exact) mass is 236 g/mol. The first kappa shape index (κ1) is 12.9. The van der Waals surface area contributed by atoms with E-state index in [2.05, 4.69) is 5.43 Å². The van der Waals surface area contributed by atoms with E-state index in [1.165, 1.54) is 18.2 Å². The third-order valence-electron chi connectivity index (χ3n) is 2.20. The van der Waals surface area contributed by atoms with Gasteiger partial charge in [-0.3, -0.25) is 11.3 Å². The van der Waals surface area contributed by atoms with Crippen LogP contribution >= 0.6 is 0 Å². The zero-order valence-corrected chi connectivity index (χ0v) is 8.39. The third kappa shape index (κ3) is 3.79. The number of benzene rings is 1. The number of hydrogen-bond acceptors (Lipinski definition) is 2. The van der Waals surface area contributed by atoms with Crippen LogP contribution in [0.25, 0.3) is 0 Å². The molecule has 1 aromatic carbocycles. The minimum Gasteiger partial charge on any atom is -0.271 e. The number of nitrogens with two attached hydrogens (primary N) is 1. The van der Waals surface area contributed by atoms with E-state index in [-0.39, 0.29) is 12.0 Å². The lowest BCUT2D eigenvalue weighted by atomic mass is 10.0. The molecule has 0 fully saturated rings. The molecule has 0 saturated heterocycles. The van der Waals surface area contributed by atoms with Gasteiger partial charge in [0.2, 0.25) is 0 Å². The molecule has 16 heavy (non-hydrogen) atoms. The summed E-state index contributed by atoms with van der Waals surface area (Å²) < 4.78 is 49.3. The SMILES string of the molecule is NNC(CCC(F)(F)F)c1ccccc1F. The highest BCUT2D eigenvalue weighted by Crippen LogP contribution is 2.28. The molecule has 1 aromatic rings. The highest BCUT2D eigenvalue weighted by molar-refractivity contribution is 5.20.